The van der Waals surface area contributed by atoms with Gasteiger partial charge in [-0.25, -0.2) is 13.6 Å². The van der Waals surface area contributed by atoms with Crippen LogP contribution in [0.25, 0.3) is 0 Å². The maximum absolute atomic E-state index is 14.0. The molecule has 0 radical (unpaired) electrons. The molecule has 0 bridgehead atoms. The molecule has 1 saturated carbocycles. The van der Waals surface area contributed by atoms with Gasteiger partial charge in [0.2, 0.25) is 0 Å². The number of nitrogens with zero attached hydrogens (tertiary/aromatic N) is 2. The highest BCUT2D eigenvalue weighted by molar-refractivity contribution is 5.24. The Labute approximate surface area is 105 Å². The van der Waals surface area contributed by atoms with Gasteiger partial charge in [0.1, 0.15) is 18.0 Å². The van der Waals surface area contributed by atoms with Crippen molar-refractivity contribution in [2.75, 3.05) is 12.3 Å². The molecule has 4 unspecified atom stereocenters. The molecule has 0 saturated heterocycles. The van der Waals surface area contributed by atoms with Crippen molar-refractivity contribution in [2.45, 2.75) is 24.2 Å². The number of aliphatic hydroxyl groups excluding tert-OH is 3. The smallest absolute Gasteiger partial charge is 0.350 e. The first-order chi connectivity index (χ1) is 8.80. The van der Waals surface area contributed by atoms with Crippen LogP contribution in [0.15, 0.2) is 17.1 Å². The molecule has 1 fully saturated rings. The Morgan fingerprint density at radius 3 is 2.53 bits per heavy atom. The first-order valence-corrected chi connectivity index (χ1v) is 5.50. The summed E-state index contributed by atoms with van der Waals surface area (Å²) in [5.74, 6) is -5.65. The van der Waals surface area contributed by atoms with E-state index in [1.807, 2.05) is 0 Å². The Balaban J connectivity index is 2.52. The molecule has 1 aromatic rings. The van der Waals surface area contributed by atoms with E-state index in [1.54, 1.807) is 0 Å². The predicted molar refractivity (Wildman–Crippen MR) is 59.5 cm³/mol. The highest BCUT2D eigenvalue weighted by Gasteiger charge is 2.63. The van der Waals surface area contributed by atoms with E-state index in [9.17, 15) is 23.8 Å². The number of alkyl halides is 2. The van der Waals surface area contributed by atoms with Crippen LogP contribution in [0.1, 0.15) is 6.04 Å². The zero-order valence-electron chi connectivity index (χ0n) is 9.65. The Hall–Kier alpha value is -1.58. The first-order valence-electron chi connectivity index (χ1n) is 5.50. The number of aliphatic hydroxyl groups is 3. The number of rotatable bonds is 2. The minimum absolute atomic E-state index is 0.142. The topological polar surface area (TPSA) is 122 Å². The Kier molecular flexibility index (Phi) is 3.29. The van der Waals surface area contributed by atoms with E-state index < -0.39 is 42.4 Å². The fourth-order valence-electron chi connectivity index (χ4n) is 2.32. The van der Waals surface area contributed by atoms with Crippen LogP contribution in [0.5, 0.6) is 0 Å². The van der Waals surface area contributed by atoms with Crippen LogP contribution in [0.4, 0.5) is 14.6 Å². The number of hydrogen-bond donors (Lipinski definition) is 4. The van der Waals surface area contributed by atoms with Crippen molar-refractivity contribution in [3.63, 3.8) is 0 Å². The lowest BCUT2D eigenvalue weighted by molar-refractivity contribution is -0.102. The Morgan fingerprint density at radius 1 is 1.42 bits per heavy atom. The summed E-state index contributed by atoms with van der Waals surface area (Å²) in [5, 5.41) is 28.1. The third kappa shape index (κ3) is 1.99. The number of nitrogens with two attached hydrogens (primary N) is 1. The Morgan fingerprint density at radius 2 is 2.05 bits per heavy atom. The molecule has 2 rings (SSSR count). The van der Waals surface area contributed by atoms with Crippen molar-refractivity contribution in [3.8, 4) is 0 Å². The zero-order valence-corrected chi connectivity index (χ0v) is 9.65. The lowest BCUT2D eigenvalue weighted by atomic mass is 10.0. The summed E-state index contributed by atoms with van der Waals surface area (Å²) in [6.07, 6.45) is -2.76. The molecular formula is C10H13F2N3O4. The molecule has 106 valence electrons. The van der Waals surface area contributed by atoms with Crippen LogP contribution in [0, 0.1) is 5.92 Å². The molecule has 4 atom stereocenters. The number of nitrogen functional groups attached to an aromatic ring is 1. The van der Waals surface area contributed by atoms with Gasteiger partial charge in [0, 0.05) is 6.20 Å². The second kappa shape index (κ2) is 4.51. The molecule has 0 amide bonds. The molecule has 0 aliphatic heterocycles. The van der Waals surface area contributed by atoms with E-state index >= 15 is 0 Å². The van der Waals surface area contributed by atoms with E-state index in [-0.39, 0.29) is 5.82 Å². The summed E-state index contributed by atoms with van der Waals surface area (Å²) in [6, 6.07) is -0.872. The second-order valence-corrected chi connectivity index (χ2v) is 4.43. The molecule has 1 aliphatic rings. The lowest BCUT2D eigenvalue weighted by Gasteiger charge is -2.25. The maximum atomic E-state index is 14.0. The molecule has 9 heteroatoms. The van der Waals surface area contributed by atoms with Gasteiger partial charge in [0.05, 0.1) is 18.6 Å². The third-order valence-corrected chi connectivity index (χ3v) is 3.32. The highest BCUT2D eigenvalue weighted by atomic mass is 19.3. The van der Waals surface area contributed by atoms with Crippen LogP contribution in [-0.2, 0) is 0 Å². The van der Waals surface area contributed by atoms with Gasteiger partial charge in [-0.1, -0.05) is 0 Å². The van der Waals surface area contributed by atoms with Gasteiger partial charge in [-0.2, -0.15) is 4.98 Å². The van der Waals surface area contributed by atoms with E-state index in [4.69, 9.17) is 10.8 Å². The Bertz CT molecular complexity index is 536. The van der Waals surface area contributed by atoms with Gasteiger partial charge in [0.15, 0.2) is 0 Å². The fraction of sp³-hybridized carbons (Fsp3) is 0.600. The monoisotopic (exact) mass is 277 g/mol. The summed E-state index contributed by atoms with van der Waals surface area (Å²) < 4.78 is 28.6. The molecule has 1 heterocycles. The number of hydrogen-bond acceptors (Lipinski definition) is 6. The van der Waals surface area contributed by atoms with Crippen molar-refractivity contribution in [1.29, 1.82) is 0 Å². The van der Waals surface area contributed by atoms with E-state index in [0.717, 1.165) is 12.3 Å². The van der Waals surface area contributed by atoms with Crippen molar-refractivity contribution in [2.24, 2.45) is 5.92 Å². The van der Waals surface area contributed by atoms with Gasteiger partial charge in [0.25, 0.3) is 5.92 Å². The van der Waals surface area contributed by atoms with E-state index in [0.29, 0.717) is 4.57 Å². The first kappa shape index (κ1) is 13.8. The minimum atomic E-state index is -3.66. The SMILES string of the molecule is Nc1ccn(C2C(O)C(O)C(CO)C2(F)F)c(=O)n1. The van der Waals surface area contributed by atoms with E-state index in [1.165, 1.54) is 0 Å². The number of halogens is 2. The molecule has 5 N–H and O–H groups in total. The molecular weight excluding hydrogens is 264 g/mol. The van der Waals surface area contributed by atoms with Crippen LogP contribution < -0.4 is 11.4 Å². The third-order valence-electron chi connectivity index (χ3n) is 3.32. The summed E-state index contributed by atoms with van der Waals surface area (Å²) >= 11 is 0. The standard InChI is InChI=1S/C10H13F2N3O4/c11-10(12)4(3-16)6(17)7(18)8(10)15-2-1-5(13)14-9(15)19/h1-2,4,6-8,16-18H,3H2,(H2,13,14,19). The lowest BCUT2D eigenvalue weighted by Crippen LogP contribution is -2.41. The molecule has 7 nitrogen and oxygen atoms in total. The summed E-state index contributed by atoms with van der Waals surface area (Å²) in [4.78, 5) is 14.8. The van der Waals surface area contributed by atoms with Gasteiger partial charge in [-0.05, 0) is 6.07 Å². The second-order valence-electron chi connectivity index (χ2n) is 4.43. The minimum Gasteiger partial charge on any atom is -0.396 e. The predicted octanol–water partition coefficient (Wildman–Crippen LogP) is -1.65. The average Bonchev–Trinajstić information content (AvgIpc) is 2.47. The molecule has 0 aromatic carbocycles. The van der Waals surface area contributed by atoms with Crippen molar-refractivity contribution < 1.29 is 24.1 Å². The summed E-state index contributed by atoms with van der Waals surface area (Å²) in [5.41, 5.74) is 4.18. The molecule has 19 heavy (non-hydrogen) atoms. The summed E-state index contributed by atoms with van der Waals surface area (Å²) in [7, 11) is 0. The number of aromatic nitrogens is 2. The summed E-state index contributed by atoms with van der Waals surface area (Å²) in [6.45, 7) is -1.02. The van der Waals surface area contributed by atoms with Crippen LogP contribution in [0.2, 0.25) is 0 Å². The fourth-order valence-corrected chi connectivity index (χ4v) is 2.32. The highest BCUT2D eigenvalue weighted by Crippen LogP contribution is 2.47. The quantitative estimate of drug-likeness (QED) is 0.513. The van der Waals surface area contributed by atoms with Gasteiger partial charge >= 0.3 is 5.69 Å². The van der Waals surface area contributed by atoms with Gasteiger partial charge in [-0.15, -0.1) is 0 Å². The normalized spacial score (nSPS) is 33.5. The van der Waals surface area contributed by atoms with Crippen LogP contribution in [-0.4, -0.2) is 49.6 Å². The van der Waals surface area contributed by atoms with Crippen LogP contribution in [0.3, 0.4) is 0 Å². The maximum Gasteiger partial charge on any atom is 0.350 e. The van der Waals surface area contributed by atoms with Crippen molar-refractivity contribution in [1.82, 2.24) is 9.55 Å². The number of anilines is 1. The van der Waals surface area contributed by atoms with Crippen LogP contribution >= 0.6 is 0 Å². The van der Waals surface area contributed by atoms with Gasteiger partial charge < -0.3 is 21.1 Å². The molecule has 1 aliphatic carbocycles. The average molecular weight is 277 g/mol. The van der Waals surface area contributed by atoms with Crippen molar-refractivity contribution >= 4 is 5.82 Å². The van der Waals surface area contributed by atoms with Gasteiger partial charge in [-0.3, -0.25) is 4.57 Å². The largest absolute Gasteiger partial charge is 0.396 e. The molecule has 1 aromatic heterocycles. The zero-order chi connectivity index (χ0) is 14.4. The molecule has 0 spiro atoms. The van der Waals surface area contributed by atoms with Crippen molar-refractivity contribution in [3.05, 3.63) is 22.7 Å². The van der Waals surface area contributed by atoms with E-state index in [2.05, 4.69) is 4.98 Å².